The lowest BCUT2D eigenvalue weighted by molar-refractivity contribution is 0.0679. The molecule has 1 amide bonds. The Balaban J connectivity index is 2.31. The van der Waals surface area contributed by atoms with Crippen LogP contribution in [0.2, 0.25) is 0 Å². The minimum atomic E-state index is -0.379. The van der Waals surface area contributed by atoms with Crippen LogP contribution in [-0.2, 0) is 6.54 Å². The van der Waals surface area contributed by atoms with Gasteiger partial charge in [-0.3, -0.25) is 9.59 Å². The predicted molar refractivity (Wildman–Crippen MR) is 89.6 cm³/mol. The second-order valence-corrected chi connectivity index (χ2v) is 5.79. The number of nitrogens with zero attached hydrogens (tertiary/aromatic N) is 2. The van der Waals surface area contributed by atoms with Crippen LogP contribution >= 0.6 is 0 Å². The van der Waals surface area contributed by atoms with E-state index >= 15 is 0 Å². The van der Waals surface area contributed by atoms with Gasteiger partial charge in [-0.05, 0) is 31.5 Å². The van der Waals surface area contributed by atoms with E-state index in [9.17, 15) is 9.59 Å². The first-order chi connectivity index (χ1) is 10.9. The monoisotopic (exact) mass is 314 g/mol. The molecule has 0 aliphatic heterocycles. The van der Waals surface area contributed by atoms with Crippen molar-refractivity contribution in [1.82, 2.24) is 9.47 Å². The number of rotatable bonds is 5. The molecular weight excluding hydrogens is 292 g/mol. The first-order valence-corrected chi connectivity index (χ1v) is 7.57. The molecule has 1 unspecified atom stereocenters. The van der Waals surface area contributed by atoms with Crippen LogP contribution in [0.3, 0.4) is 0 Å². The fourth-order valence-corrected chi connectivity index (χ4v) is 2.34. The summed E-state index contributed by atoms with van der Waals surface area (Å²) in [6, 6.07) is 10.8. The lowest BCUT2D eigenvalue weighted by Crippen LogP contribution is -2.40. The zero-order valence-corrected chi connectivity index (χ0v) is 13.7. The molecule has 1 heterocycles. The second-order valence-electron chi connectivity index (χ2n) is 5.79. The van der Waals surface area contributed by atoms with E-state index in [2.05, 4.69) is 0 Å². The normalized spacial score (nSPS) is 12.0. The molecular formula is C18H22N2O3. The number of aryl methyl sites for hydroxylation is 1. The highest BCUT2D eigenvalue weighted by Gasteiger charge is 2.20. The Hall–Kier alpha value is -2.40. The van der Waals surface area contributed by atoms with Crippen LogP contribution in [-0.4, -0.2) is 40.2 Å². The number of hydrogen-bond donors (Lipinski definition) is 1. The SMILES string of the molecule is Cc1cccc(Cn2cccc(C(=O)N(C)C(C)CO)c2=O)c1. The molecule has 1 aromatic heterocycles. The molecule has 0 bridgehead atoms. The molecule has 0 saturated carbocycles. The van der Waals surface area contributed by atoms with Gasteiger partial charge in [0.15, 0.2) is 0 Å². The molecule has 1 N–H and O–H groups in total. The third-order valence-electron chi connectivity index (χ3n) is 3.93. The zero-order valence-electron chi connectivity index (χ0n) is 13.7. The molecule has 5 nitrogen and oxygen atoms in total. The van der Waals surface area contributed by atoms with Gasteiger partial charge in [-0.15, -0.1) is 0 Å². The first kappa shape index (κ1) is 17.0. The lowest BCUT2D eigenvalue weighted by atomic mass is 10.1. The van der Waals surface area contributed by atoms with Crippen molar-refractivity contribution in [3.05, 3.63) is 69.6 Å². The Labute approximate surface area is 135 Å². The summed E-state index contributed by atoms with van der Waals surface area (Å²) in [5.41, 5.74) is 1.92. The smallest absolute Gasteiger partial charge is 0.263 e. The van der Waals surface area contributed by atoms with E-state index < -0.39 is 0 Å². The molecule has 0 saturated heterocycles. The van der Waals surface area contributed by atoms with E-state index in [1.54, 1.807) is 26.2 Å². The van der Waals surface area contributed by atoms with Crippen LogP contribution < -0.4 is 5.56 Å². The number of carbonyl (C=O) groups excluding carboxylic acids is 1. The minimum Gasteiger partial charge on any atom is -0.394 e. The third kappa shape index (κ3) is 3.87. The summed E-state index contributed by atoms with van der Waals surface area (Å²) in [6.07, 6.45) is 1.68. The van der Waals surface area contributed by atoms with Crippen molar-refractivity contribution in [2.75, 3.05) is 13.7 Å². The Morgan fingerprint density at radius 1 is 1.30 bits per heavy atom. The van der Waals surface area contributed by atoms with Crippen molar-refractivity contribution in [3.63, 3.8) is 0 Å². The van der Waals surface area contributed by atoms with Crippen LogP contribution in [0.1, 0.15) is 28.4 Å². The Morgan fingerprint density at radius 3 is 2.70 bits per heavy atom. The van der Waals surface area contributed by atoms with Gasteiger partial charge in [0.2, 0.25) is 0 Å². The summed E-state index contributed by atoms with van der Waals surface area (Å²) in [5, 5.41) is 9.17. The number of aliphatic hydroxyl groups excluding tert-OH is 1. The Morgan fingerprint density at radius 2 is 2.04 bits per heavy atom. The molecule has 0 radical (unpaired) electrons. The van der Waals surface area contributed by atoms with Crippen molar-refractivity contribution in [3.8, 4) is 0 Å². The number of pyridine rings is 1. The molecule has 122 valence electrons. The maximum Gasteiger partial charge on any atom is 0.263 e. The second kappa shape index (κ2) is 7.24. The van der Waals surface area contributed by atoms with Gasteiger partial charge < -0.3 is 14.6 Å². The summed E-state index contributed by atoms with van der Waals surface area (Å²) < 4.78 is 1.53. The maximum atomic E-state index is 12.6. The molecule has 1 atom stereocenters. The molecule has 0 fully saturated rings. The number of aromatic nitrogens is 1. The van der Waals surface area contributed by atoms with Gasteiger partial charge in [-0.2, -0.15) is 0 Å². The molecule has 0 spiro atoms. The summed E-state index contributed by atoms with van der Waals surface area (Å²) in [7, 11) is 1.58. The van der Waals surface area contributed by atoms with Crippen LogP contribution in [0.15, 0.2) is 47.4 Å². The van der Waals surface area contributed by atoms with E-state index in [-0.39, 0.29) is 29.7 Å². The molecule has 0 aliphatic rings. The summed E-state index contributed by atoms with van der Waals surface area (Å²) >= 11 is 0. The van der Waals surface area contributed by atoms with Crippen LogP contribution in [0.4, 0.5) is 0 Å². The van der Waals surface area contributed by atoms with Gasteiger partial charge in [0.05, 0.1) is 19.2 Å². The standard InChI is InChI=1S/C18H22N2O3/c1-13-6-4-7-15(10-13)11-20-9-5-8-16(18(20)23)17(22)19(3)14(2)12-21/h4-10,14,21H,11-12H2,1-3H3. The highest BCUT2D eigenvalue weighted by molar-refractivity contribution is 5.93. The highest BCUT2D eigenvalue weighted by Crippen LogP contribution is 2.07. The van der Waals surface area contributed by atoms with E-state index in [0.717, 1.165) is 11.1 Å². The van der Waals surface area contributed by atoms with Crippen LogP contribution in [0, 0.1) is 6.92 Å². The molecule has 5 heteroatoms. The van der Waals surface area contributed by atoms with Gasteiger partial charge in [-0.25, -0.2) is 0 Å². The summed E-state index contributed by atoms with van der Waals surface area (Å²) in [4.78, 5) is 26.4. The van der Waals surface area contributed by atoms with Crippen molar-refractivity contribution >= 4 is 5.91 Å². The van der Waals surface area contributed by atoms with Crippen molar-refractivity contribution < 1.29 is 9.90 Å². The van der Waals surface area contributed by atoms with Crippen molar-refractivity contribution in [2.45, 2.75) is 26.4 Å². The molecule has 1 aromatic carbocycles. The van der Waals surface area contributed by atoms with Gasteiger partial charge >= 0.3 is 0 Å². The molecule has 0 aliphatic carbocycles. The van der Waals surface area contributed by atoms with E-state index in [1.807, 2.05) is 31.2 Å². The number of aliphatic hydroxyl groups is 1. The summed E-state index contributed by atoms with van der Waals surface area (Å²) in [6.45, 7) is 4.00. The third-order valence-corrected chi connectivity index (χ3v) is 3.93. The zero-order chi connectivity index (χ0) is 17.0. The number of likely N-dealkylation sites (N-methyl/N-ethyl adjacent to an activating group) is 1. The van der Waals surface area contributed by atoms with Crippen molar-refractivity contribution in [1.29, 1.82) is 0 Å². The average molecular weight is 314 g/mol. The maximum absolute atomic E-state index is 12.6. The number of carbonyl (C=O) groups is 1. The van der Waals surface area contributed by atoms with E-state index in [0.29, 0.717) is 6.54 Å². The molecule has 23 heavy (non-hydrogen) atoms. The quantitative estimate of drug-likeness (QED) is 0.913. The summed E-state index contributed by atoms with van der Waals surface area (Å²) in [5.74, 6) is -0.379. The van der Waals surface area contributed by atoms with Gasteiger partial charge in [-0.1, -0.05) is 29.8 Å². The fourth-order valence-electron chi connectivity index (χ4n) is 2.34. The molecule has 2 aromatic rings. The van der Waals surface area contributed by atoms with E-state index in [4.69, 9.17) is 5.11 Å². The van der Waals surface area contributed by atoms with E-state index in [1.165, 1.54) is 15.5 Å². The fraction of sp³-hybridized carbons (Fsp3) is 0.333. The number of amides is 1. The van der Waals surface area contributed by atoms with Gasteiger partial charge in [0.25, 0.3) is 11.5 Å². The van der Waals surface area contributed by atoms with Crippen LogP contribution in [0.5, 0.6) is 0 Å². The van der Waals surface area contributed by atoms with Gasteiger partial charge in [0, 0.05) is 13.2 Å². The highest BCUT2D eigenvalue weighted by atomic mass is 16.3. The number of benzene rings is 1. The first-order valence-electron chi connectivity index (χ1n) is 7.57. The lowest BCUT2D eigenvalue weighted by Gasteiger charge is -2.23. The van der Waals surface area contributed by atoms with Crippen LogP contribution in [0.25, 0.3) is 0 Å². The Bertz CT molecular complexity index is 752. The number of hydrogen-bond acceptors (Lipinski definition) is 3. The Kier molecular flexibility index (Phi) is 5.34. The topological polar surface area (TPSA) is 62.5 Å². The van der Waals surface area contributed by atoms with Gasteiger partial charge in [0.1, 0.15) is 5.56 Å². The van der Waals surface area contributed by atoms with Crippen molar-refractivity contribution in [2.24, 2.45) is 0 Å². The largest absolute Gasteiger partial charge is 0.394 e. The average Bonchev–Trinajstić information content (AvgIpc) is 2.55. The molecule has 2 rings (SSSR count). The minimum absolute atomic E-state index is 0.114. The predicted octanol–water partition coefficient (Wildman–Crippen LogP) is 1.66.